The average Bonchev–Trinajstić information content (AvgIpc) is 3.31. The monoisotopic (exact) mass is 424 g/mol. The highest BCUT2D eigenvalue weighted by atomic mass is 35.5. The number of amides is 1. The van der Waals surface area contributed by atoms with Crippen molar-refractivity contribution in [3.05, 3.63) is 69.7 Å². The molecule has 2 aromatic rings. The fourth-order valence-electron chi connectivity index (χ4n) is 4.22. The molecule has 27 heavy (non-hydrogen) atoms. The highest BCUT2D eigenvalue weighted by Gasteiger charge is 2.48. The van der Waals surface area contributed by atoms with Gasteiger partial charge in [0.25, 0.3) is 0 Å². The molecule has 4 rings (SSSR count). The summed E-state index contributed by atoms with van der Waals surface area (Å²) in [5.74, 6) is 1.11. The SMILES string of the molecule is Cl.NC[C@@H]1CN(C(=O)C2CC2c2ccc(Cl)cc2Cl)C[C@H]1c1ccccc1. The lowest BCUT2D eigenvalue weighted by Gasteiger charge is -2.17. The van der Waals surface area contributed by atoms with Gasteiger partial charge in [-0.2, -0.15) is 0 Å². The molecular weight excluding hydrogens is 403 g/mol. The van der Waals surface area contributed by atoms with Gasteiger partial charge in [0.15, 0.2) is 0 Å². The summed E-state index contributed by atoms with van der Waals surface area (Å²) in [7, 11) is 0. The molecule has 144 valence electrons. The second-order valence-corrected chi connectivity index (χ2v) is 8.21. The quantitative estimate of drug-likeness (QED) is 0.770. The lowest BCUT2D eigenvalue weighted by molar-refractivity contribution is -0.131. The van der Waals surface area contributed by atoms with Crippen LogP contribution in [0.3, 0.4) is 0 Å². The number of rotatable bonds is 4. The van der Waals surface area contributed by atoms with E-state index in [9.17, 15) is 4.79 Å². The molecule has 4 atom stereocenters. The zero-order valence-corrected chi connectivity index (χ0v) is 17.2. The first-order chi connectivity index (χ1) is 12.6. The fraction of sp³-hybridized carbons (Fsp3) is 0.381. The van der Waals surface area contributed by atoms with E-state index in [0.717, 1.165) is 25.1 Å². The maximum Gasteiger partial charge on any atom is 0.226 e. The summed E-state index contributed by atoms with van der Waals surface area (Å²) in [5, 5.41) is 1.28. The molecule has 1 heterocycles. The van der Waals surface area contributed by atoms with Crippen LogP contribution in [0.15, 0.2) is 48.5 Å². The lowest BCUT2D eigenvalue weighted by atomic mass is 9.89. The Hall–Kier alpha value is -1.26. The fourth-order valence-corrected chi connectivity index (χ4v) is 4.76. The number of carbonyl (C=O) groups excluding carboxylic acids is 1. The predicted molar refractivity (Wildman–Crippen MR) is 113 cm³/mol. The number of nitrogens with two attached hydrogens (primary N) is 1. The molecule has 1 saturated carbocycles. The highest BCUT2D eigenvalue weighted by Crippen LogP contribution is 2.51. The number of halogens is 3. The van der Waals surface area contributed by atoms with Crippen LogP contribution < -0.4 is 5.73 Å². The van der Waals surface area contributed by atoms with Crippen LogP contribution in [0, 0.1) is 11.8 Å². The molecule has 0 radical (unpaired) electrons. The van der Waals surface area contributed by atoms with Crippen molar-refractivity contribution in [2.45, 2.75) is 18.3 Å². The van der Waals surface area contributed by atoms with E-state index in [0.29, 0.717) is 28.4 Å². The first-order valence-electron chi connectivity index (χ1n) is 9.07. The molecule has 2 unspecified atom stereocenters. The van der Waals surface area contributed by atoms with Crippen molar-refractivity contribution in [2.24, 2.45) is 17.6 Å². The Morgan fingerprint density at radius 1 is 1.07 bits per heavy atom. The lowest BCUT2D eigenvalue weighted by Crippen LogP contribution is -2.31. The molecule has 0 aromatic heterocycles. The van der Waals surface area contributed by atoms with E-state index >= 15 is 0 Å². The van der Waals surface area contributed by atoms with Crippen molar-refractivity contribution in [3.63, 3.8) is 0 Å². The van der Waals surface area contributed by atoms with Crippen LogP contribution in [0.5, 0.6) is 0 Å². The smallest absolute Gasteiger partial charge is 0.226 e. The Balaban J connectivity index is 0.00000210. The minimum Gasteiger partial charge on any atom is -0.341 e. The van der Waals surface area contributed by atoms with Crippen LogP contribution in [0.1, 0.15) is 29.4 Å². The van der Waals surface area contributed by atoms with Crippen LogP contribution in [0.25, 0.3) is 0 Å². The first kappa shape index (κ1) is 20.5. The minimum absolute atomic E-state index is 0. The molecule has 1 saturated heterocycles. The zero-order chi connectivity index (χ0) is 18.3. The molecule has 1 aliphatic heterocycles. The van der Waals surface area contributed by atoms with Crippen molar-refractivity contribution in [1.29, 1.82) is 0 Å². The largest absolute Gasteiger partial charge is 0.341 e. The van der Waals surface area contributed by atoms with Gasteiger partial charge in [-0.3, -0.25) is 4.79 Å². The molecule has 1 aliphatic carbocycles. The van der Waals surface area contributed by atoms with Crippen molar-refractivity contribution >= 4 is 41.5 Å². The van der Waals surface area contributed by atoms with E-state index in [1.807, 2.05) is 35.2 Å². The summed E-state index contributed by atoms with van der Waals surface area (Å²) in [4.78, 5) is 15.0. The van der Waals surface area contributed by atoms with Gasteiger partial charge in [0.1, 0.15) is 0 Å². The van der Waals surface area contributed by atoms with Gasteiger partial charge in [0.2, 0.25) is 5.91 Å². The summed E-state index contributed by atoms with van der Waals surface area (Å²) in [6, 6.07) is 15.9. The van der Waals surface area contributed by atoms with Gasteiger partial charge in [-0.15, -0.1) is 12.4 Å². The Labute approximate surface area is 176 Å². The Morgan fingerprint density at radius 3 is 2.48 bits per heavy atom. The highest BCUT2D eigenvalue weighted by molar-refractivity contribution is 6.35. The van der Waals surface area contributed by atoms with E-state index in [2.05, 4.69) is 12.1 Å². The number of benzene rings is 2. The van der Waals surface area contributed by atoms with Gasteiger partial charge in [-0.1, -0.05) is 59.6 Å². The third-order valence-electron chi connectivity index (χ3n) is 5.75. The average molecular weight is 426 g/mol. The summed E-state index contributed by atoms with van der Waals surface area (Å²) >= 11 is 12.3. The second-order valence-electron chi connectivity index (χ2n) is 7.37. The van der Waals surface area contributed by atoms with E-state index in [-0.39, 0.29) is 30.2 Å². The van der Waals surface area contributed by atoms with Gasteiger partial charge in [0.05, 0.1) is 0 Å². The molecule has 1 amide bonds. The van der Waals surface area contributed by atoms with Crippen LogP contribution >= 0.6 is 35.6 Å². The second kappa shape index (κ2) is 8.40. The number of nitrogens with zero attached hydrogens (tertiary/aromatic N) is 1. The third-order valence-corrected chi connectivity index (χ3v) is 6.32. The molecule has 2 N–H and O–H groups in total. The Bertz CT molecular complexity index is 814. The van der Waals surface area contributed by atoms with Gasteiger partial charge >= 0.3 is 0 Å². The maximum atomic E-state index is 13.0. The molecule has 2 aromatic carbocycles. The maximum absolute atomic E-state index is 13.0. The molecule has 3 nitrogen and oxygen atoms in total. The molecule has 2 fully saturated rings. The minimum atomic E-state index is 0. The normalized spacial score (nSPS) is 26.6. The standard InChI is InChI=1S/C21H22Cl2N2O.ClH/c22-15-6-7-16(20(23)8-15)17-9-18(17)21(26)25-11-14(10-24)19(12-25)13-4-2-1-3-5-13;/h1-8,14,17-19H,9-12,24H2;1H/t14-,17?,18?,19+;/m1./s1. The molecular formula is C21H23Cl3N2O. The summed E-state index contributed by atoms with van der Waals surface area (Å²) in [6.45, 7) is 2.09. The van der Waals surface area contributed by atoms with Crippen LogP contribution in [-0.4, -0.2) is 30.4 Å². The van der Waals surface area contributed by atoms with Crippen molar-refractivity contribution in [2.75, 3.05) is 19.6 Å². The van der Waals surface area contributed by atoms with Gasteiger partial charge in [-0.25, -0.2) is 0 Å². The van der Waals surface area contributed by atoms with Crippen LogP contribution in [-0.2, 0) is 4.79 Å². The number of hydrogen-bond donors (Lipinski definition) is 1. The van der Waals surface area contributed by atoms with Crippen molar-refractivity contribution < 1.29 is 4.79 Å². The summed E-state index contributed by atoms with van der Waals surface area (Å²) in [5.41, 5.74) is 8.30. The van der Waals surface area contributed by atoms with Gasteiger partial charge in [0, 0.05) is 35.0 Å². The number of likely N-dealkylation sites (tertiary alicyclic amines) is 1. The molecule has 0 spiro atoms. The Morgan fingerprint density at radius 2 is 1.81 bits per heavy atom. The molecule has 0 bridgehead atoms. The van der Waals surface area contributed by atoms with Crippen LogP contribution in [0.4, 0.5) is 0 Å². The zero-order valence-electron chi connectivity index (χ0n) is 14.9. The number of carbonyl (C=O) groups is 1. The first-order valence-corrected chi connectivity index (χ1v) is 9.82. The van der Waals surface area contributed by atoms with Crippen molar-refractivity contribution in [1.82, 2.24) is 4.90 Å². The molecule has 6 heteroatoms. The summed E-state index contributed by atoms with van der Waals surface area (Å²) in [6.07, 6.45) is 0.861. The summed E-state index contributed by atoms with van der Waals surface area (Å²) < 4.78 is 0. The van der Waals surface area contributed by atoms with Crippen molar-refractivity contribution in [3.8, 4) is 0 Å². The van der Waals surface area contributed by atoms with Crippen LogP contribution in [0.2, 0.25) is 10.0 Å². The predicted octanol–water partition coefficient (Wildman–Crippen LogP) is 4.72. The van der Waals surface area contributed by atoms with E-state index in [1.54, 1.807) is 6.07 Å². The van der Waals surface area contributed by atoms with E-state index < -0.39 is 0 Å². The van der Waals surface area contributed by atoms with Gasteiger partial charge in [-0.05, 0) is 48.1 Å². The van der Waals surface area contributed by atoms with E-state index in [1.165, 1.54) is 5.56 Å². The molecule has 2 aliphatic rings. The third kappa shape index (κ3) is 4.12. The van der Waals surface area contributed by atoms with Gasteiger partial charge < -0.3 is 10.6 Å². The number of hydrogen-bond acceptors (Lipinski definition) is 2. The topological polar surface area (TPSA) is 46.3 Å². The Kier molecular flexibility index (Phi) is 6.37. The van der Waals surface area contributed by atoms with E-state index in [4.69, 9.17) is 28.9 Å².